The maximum atomic E-state index is 5.01. The summed E-state index contributed by atoms with van der Waals surface area (Å²) in [5, 5.41) is 1.96. The molecular formula is C9H7N3OS. The average Bonchev–Trinajstić information content (AvgIpc) is 2.65. The Hall–Kier alpha value is -1.64. The minimum Gasteiger partial charge on any atom is -0.261 e. The van der Waals surface area contributed by atoms with Crippen LogP contribution in [0.5, 0.6) is 0 Å². The topological polar surface area (TPSA) is 47.0 Å². The van der Waals surface area contributed by atoms with E-state index in [1.807, 2.05) is 11.4 Å². The molecule has 0 aromatic carbocycles. The summed E-state index contributed by atoms with van der Waals surface area (Å²) in [6, 6.07) is 1.92. The van der Waals surface area contributed by atoms with E-state index < -0.39 is 0 Å². The number of nitrogens with one attached hydrogen (secondary N) is 1. The molecule has 2 rings (SSSR count). The monoisotopic (exact) mass is 205 g/mol. The van der Waals surface area contributed by atoms with Crippen LogP contribution in [0, 0.1) is 12.3 Å². The Bertz CT molecular complexity index is 474. The third-order valence-corrected chi connectivity index (χ3v) is 2.36. The van der Waals surface area contributed by atoms with E-state index in [1.54, 1.807) is 17.5 Å². The van der Waals surface area contributed by atoms with Crippen LogP contribution in [-0.4, -0.2) is 16.6 Å². The lowest BCUT2D eigenvalue weighted by molar-refractivity contribution is 0.231. The molecule has 0 saturated carbocycles. The highest BCUT2D eigenvalue weighted by atomic mass is 32.1. The van der Waals surface area contributed by atoms with Crippen molar-refractivity contribution in [1.82, 2.24) is 9.97 Å². The Labute approximate surface area is 84.9 Å². The first-order chi connectivity index (χ1) is 6.90. The fourth-order valence-corrected chi connectivity index (χ4v) is 1.65. The van der Waals surface area contributed by atoms with Gasteiger partial charge in [0.25, 0.3) is 0 Å². The summed E-state index contributed by atoms with van der Waals surface area (Å²) >= 11 is 1.60. The fourth-order valence-electron chi connectivity index (χ4n) is 0.957. The number of rotatable bonds is 3. The van der Waals surface area contributed by atoms with Gasteiger partial charge in [-0.25, -0.2) is 15.4 Å². The lowest BCUT2D eigenvalue weighted by Crippen LogP contribution is -2.04. The van der Waals surface area contributed by atoms with Gasteiger partial charge < -0.3 is 0 Å². The molecule has 14 heavy (non-hydrogen) atoms. The number of hydrogen-bond donors (Lipinski definition) is 1. The van der Waals surface area contributed by atoms with Crippen LogP contribution in [0.25, 0.3) is 10.2 Å². The molecule has 0 aliphatic carbocycles. The minimum atomic E-state index is 0.186. The molecule has 70 valence electrons. The minimum absolute atomic E-state index is 0.186. The molecule has 2 heterocycles. The van der Waals surface area contributed by atoms with Crippen LogP contribution in [0.2, 0.25) is 0 Å². The van der Waals surface area contributed by atoms with Gasteiger partial charge in [0.15, 0.2) is 0 Å². The third-order valence-electron chi connectivity index (χ3n) is 1.52. The van der Waals surface area contributed by atoms with Gasteiger partial charge in [0.2, 0.25) is 5.95 Å². The summed E-state index contributed by atoms with van der Waals surface area (Å²) in [4.78, 5) is 13.1. The Morgan fingerprint density at radius 2 is 2.57 bits per heavy atom. The summed E-state index contributed by atoms with van der Waals surface area (Å²) in [6.45, 7) is 0.186. The van der Waals surface area contributed by atoms with E-state index in [0.717, 1.165) is 10.2 Å². The number of aromatic nitrogens is 2. The number of anilines is 1. The molecule has 0 fully saturated rings. The van der Waals surface area contributed by atoms with Crippen LogP contribution in [-0.2, 0) is 4.84 Å². The molecule has 4 nitrogen and oxygen atoms in total. The van der Waals surface area contributed by atoms with Gasteiger partial charge in [0, 0.05) is 0 Å². The van der Waals surface area contributed by atoms with Crippen molar-refractivity contribution in [3.05, 3.63) is 17.6 Å². The molecule has 0 aliphatic heterocycles. The zero-order valence-corrected chi connectivity index (χ0v) is 8.04. The van der Waals surface area contributed by atoms with Crippen LogP contribution in [0.3, 0.4) is 0 Å². The molecule has 0 aliphatic rings. The molecule has 2 aromatic rings. The standard InChI is InChI=1S/C9H7N3OS/c1-2-4-13-12-9-10-6-8-7(11-9)3-5-14-8/h1,3,5-6H,4H2,(H,10,11,12). The van der Waals surface area contributed by atoms with E-state index in [0.29, 0.717) is 5.95 Å². The van der Waals surface area contributed by atoms with Crippen LogP contribution < -0.4 is 5.48 Å². The van der Waals surface area contributed by atoms with Crippen molar-refractivity contribution in [3.63, 3.8) is 0 Å². The SMILES string of the molecule is C#CCONc1ncc2sccc2n1. The summed E-state index contributed by atoms with van der Waals surface area (Å²) in [7, 11) is 0. The summed E-state index contributed by atoms with van der Waals surface area (Å²) in [6.07, 6.45) is 6.76. The Balaban J connectivity index is 2.14. The van der Waals surface area contributed by atoms with Crippen LogP contribution in [0.4, 0.5) is 5.95 Å². The maximum absolute atomic E-state index is 5.01. The number of fused-ring (bicyclic) bond motifs is 1. The van der Waals surface area contributed by atoms with E-state index in [2.05, 4.69) is 21.4 Å². The lowest BCUT2D eigenvalue weighted by Gasteiger charge is -2.01. The van der Waals surface area contributed by atoms with Crippen molar-refractivity contribution in [3.8, 4) is 12.3 Å². The van der Waals surface area contributed by atoms with E-state index in [9.17, 15) is 0 Å². The number of terminal acetylenes is 1. The van der Waals surface area contributed by atoms with Crippen molar-refractivity contribution in [2.24, 2.45) is 0 Å². The molecule has 5 heteroatoms. The predicted octanol–water partition coefficient (Wildman–Crippen LogP) is 1.67. The van der Waals surface area contributed by atoms with E-state index in [4.69, 9.17) is 11.3 Å². The fraction of sp³-hybridized carbons (Fsp3) is 0.111. The number of nitrogens with zero attached hydrogens (tertiary/aromatic N) is 2. The molecule has 0 radical (unpaired) electrons. The van der Waals surface area contributed by atoms with Gasteiger partial charge in [-0.1, -0.05) is 5.92 Å². The van der Waals surface area contributed by atoms with Crippen molar-refractivity contribution >= 4 is 27.5 Å². The Kier molecular flexibility index (Phi) is 2.58. The van der Waals surface area contributed by atoms with Gasteiger partial charge in [-0.15, -0.1) is 17.8 Å². The second-order valence-corrected chi connectivity index (χ2v) is 3.41. The van der Waals surface area contributed by atoms with Gasteiger partial charge in [-0.3, -0.25) is 4.84 Å². The highest BCUT2D eigenvalue weighted by Crippen LogP contribution is 2.18. The van der Waals surface area contributed by atoms with Crippen LogP contribution in [0.15, 0.2) is 17.6 Å². The Morgan fingerprint density at radius 3 is 3.43 bits per heavy atom. The van der Waals surface area contributed by atoms with E-state index in [1.165, 1.54) is 0 Å². The normalized spacial score (nSPS) is 9.93. The highest BCUT2D eigenvalue weighted by molar-refractivity contribution is 7.17. The first-order valence-electron chi connectivity index (χ1n) is 3.91. The van der Waals surface area contributed by atoms with Crippen LogP contribution in [0.1, 0.15) is 0 Å². The second kappa shape index (κ2) is 4.05. The number of thiophene rings is 1. The van der Waals surface area contributed by atoms with E-state index >= 15 is 0 Å². The summed E-state index contributed by atoms with van der Waals surface area (Å²) in [5.41, 5.74) is 3.47. The second-order valence-electron chi connectivity index (χ2n) is 2.46. The van der Waals surface area contributed by atoms with Gasteiger partial charge >= 0.3 is 0 Å². The highest BCUT2D eigenvalue weighted by Gasteiger charge is 1.99. The first kappa shape index (κ1) is 8.94. The largest absolute Gasteiger partial charge is 0.261 e. The average molecular weight is 205 g/mol. The zero-order chi connectivity index (χ0) is 9.80. The Morgan fingerprint density at radius 1 is 1.64 bits per heavy atom. The van der Waals surface area contributed by atoms with Gasteiger partial charge in [0.1, 0.15) is 6.61 Å². The molecule has 0 atom stereocenters. The summed E-state index contributed by atoms with van der Waals surface area (Å²) in [5.74, 6) is 2.75. The number of hydrogen-bond acceptors (Lipinski definition) is 5. The van der Waals surface area contributed by atoms with Gasteiger partial charge in [-0.2, -0.15) is 0 Å². The van der Waals surface area contributed by atoms with Gasteiger partial charge in [-0.05, 0) is 11.4 Å². The van der Waals surface area contributed by atoms with Crippen molar-refractivity contribution in [1.29, 1.82) is 0 Å². The molecule has 2 aromatic heterocycles. The smallest absolute Gasteiger partial charge is 0.247 e. The quantitative estimate of drug-likeness (QED) is 0.470. The zero-order valence-electron chi connectivity index (χ0n) is 7.23. The third kappa shape index (κ3) is 1.82. The molecule has 0 saturated heterocycles. The van der Waals surface area contributed by atoms with Gasteiger partial charge in [0.05, 0.1) is 16.4 Å². The first-order valence-corrected chi connectivity index (χ1v) is 4.79. The predicted molar refractivity (Wildman–Crippen MR) is 55.8 cm³/mol. The van der Waals surface area contributed by atoms with Crippen LogP contribution >= 0.6 is 11.3 Å². The van der Waals surface area contributed by atoms with Crippen molar-refractivity contribution < 1.29 is 4.84 Å². The molecule has 1 N–H and O–H groups in total. The molecule has 0 unspecified atom stereocenters. The molecule has 0 bridgehead atoms. The molecule has 0 amide bonds. The maximum Gasteiger partial charge on any atom is 0.247 e. The molecular weight excluding hydrogens is 198 g/mol. The van der Waals surface area contributed by atoms with E-state index in [-0.39, 0.29) is 6.61 Å². The lowest BCUT2D eigenvalue weighted by atomic mass is 10.5. The molecule has 0 spiro atoms. The van der Waals surface area contributed by atoms with Crippen molar-refractivity contribution in [2.45, 2.75) is 0 Å². The van der Waals surface area contributed by atoms with Crippen molar-refractivity contribution in [2.75, 3.05) is 12.1 Å². The summed E-state index contributed by atoms with van der Waals surface area (Å²) < 4.78 is 1.05.